The quantitative estimate of drug-likeness (QED) is 0.744. The molecule has 0 spiro atoms. The smallest absolute Gasteiger partial charge is 0.251 e. The maximum atomic E-state index is 13.2. The van der Waals surface area contributed by atoms with Crippen LogP contribution in [0.2, 0.25) is 0 Å². The van der Waals surface area contributed by atoms with Gasteiger partial charge < -0.3 is 29.6 Å². The molecule has 2 aliphatic heterocycles. The number of nitrogens with zero attached hydrogens (tertiary/aromatic N) is 1. The van der Waals surface area contributed by atoms with Crippen molar-refractivity contribution in [2.24, 2.45) is 0 Å². The Morgan fingerprint density at radius 2 is 1.87 bits per heavy atom. The molecule has 0 aromatic heterocycles. The number of likely N-dealkylation sites (tertiary alicyclic amines) is 1. The van der Waals surface area contributed by atoms with E-state index in [2.05, 4.69) is 5.32 Å². The Hall–Kier alpha value is -3.55. The number of carbonyl (C=O) groups excluding carboxylic acids is 3. The zero-order valence-electron chi connectivity index (χ0n) is 16.2. The number of aliphatic carboxylic acids is 1. The van der Waals surface area contributed by atoms with Gasteiger partial charge in [0.2, 0.25) is 12.7 Å². The number of hydrogen-bond donors (Lipinski definition) is 1. The third-order valence-electron chi connectivity index (χ3n) is 5.32. The van der Waals surface area contributed by atoms with Crippen molar-refractivity contribution in [3.63, 3.8) is 0 Å². The molecule has 2 aliphatic rings. The molecule has 2 aromatic carbocycles. The third-order valence-corrected chi connectivity index (χ3v) is 5.32. The van der Waals surface area contributed by atoms with Gasteiger partial charge in [0.1, 0.15) is 6.04 Å². The van der Waals surface area contributed by atoms with E-state index in [4.69, 9.17) is 9.47 Å². The molecule has 30 heavy (non-hydrogen) atoms. The van der Waals surface area contributed by atoms with Gasteiger partial charge in [-0.25, -0.2) is 0 Å². The number of carboxylic acid groups (broad SMARTS) is 1. The minimum Gasteiger partial charge on any atom is -0.548 e. The molecule has 2 aromatic rings. The molecule has 0 radical (unpaired) electrons. The van der Waals surface area contributed by atoms with Crippen LogP contribution in [0.15, 0.2) is 48.5 Å². The lowest BCUT2D eigenvalue weighted by Gasteiger charge is -2.30. The predicted octanol–water partition coefficient (Wildman–Crippen LogP) is 0.497. The Labute approximate surface area is 173 Å². The van der Waals surface area contributed by atoms with E-state index in [0.717, 1.165) is 5.56 Å². The maximum Gasteiger partial charge on any atom is 0.251 e. The fraction of sp³-hybridized carbons (Fsp3) is 0.318. The first-order chi connectivity index (χ1) is 14.5. The topological polar surface area (TPSA) is 108 Å². The van der Waals surface area contributed by atoms with Gasteiger partial charge in [0.05, 0.1) is 12.0 Å². The van der Waals surface area contributed by atoms with Crippen LogP contribution >= 0.6 is 0 Å². The molecule has 0 saturated carbocycles. The highest BCUT2D eigenvalue weighted by molar-refractivity contribution is 5.98. The van der Waals surface area contributed by atoms with E-state index >= 15 is 0 Å². The van der Waals surface area contributed by atoms with Gasteiger partial charge in [0.25, 0.3) is 5.91 Å². The van der Waals surface area contributed by atoms with Gasteiger partial charge in [-0.1, -0.05) is 24.3 Å². The zero-order chi connectivity index (χ0) is 21.1. The van der Waals surface area contributed by atoms with Crippen LogP contribution in [0.4, 0.5) is 0 Å². The summed E-state index contributed by atoms with van der Waals surface area (Å²) in [6.45, 7) is 0.448. The maximum absolute atomic E-state index is 13.2. The minimum absolute atomic E-state index is 0.132. The summed E-state index contributed by atoms with van der Waals surface area (Å²) in [6, 6.07) is 11.9. The summed E-state index contributed by atoms with van der Waals surface area (Å²) >= 11 is 0. The summed E-state index contributed by atoms with van der Waals surface area (Å²) in [5.74, 6) is -0.937. The number of hydrogen-bond acceptors (Lipinski definition) is 6. The Balaban J connectivity index is 1.58. The van der Waals surface area contributed by atoms with E-state index in [1.807, 2.05) is 0 Å². The first kappa shape index (κ1) is 19.8. The SMILES string of the molecule is O=C(N[C@H](Cc1ccc2c(c1)OCO2)C(=O)N1CCC[C@H]1C(=O)[O-])c1ccccc1. The second-order valence-electron chi connectivity index (χ2n) is 7.29. The number of ether oxygens (including phenoxy) is 2. The molecule has 2 atom stereocenters. The van der Waals surface area contributed by atoms with Crippen LogP contribution in [0, 0.1) is 0 Å². The first-order valence-electron chi connectivity index (χ1n) is 9.78. The van der Waals surface area contributed by atoms with Crippen LogP contribution in [0.1, 0.15) is 28.8 Å². The molecule has 8 heteroatoms. The largest absolute Gasteiger partial charge is 0.548 e. The van der Waals surface area contributed by atoms with Crippen molar-refractivity contribution in [2.75, 3.05) is 13.3 Å². The molecule has 0 aliphatic carbocycles. The second-order valence-corrected chi connectivity index (χ2v) is 7.29. The standard InChI is InChI=1S/C22H22N2O6/c25-20(15-5-2-1-3-6-15)23-16(21(26)24-10-4-7-17(24)22(27)28)11-14-8-9-18-19(12-14)30-13-29-18/h1-3,5-6,8-9,12,16-17H,4,7,10-11,13H2,(H,23,25)(H,27,28)/p-1/t16-,17+/m1/s1. The highest BCUT2D eigenvalue weighted by atomic mass is 16.7. The lowest BCUT2D eigenvalue weighted by molar-refractivity contribution is -0.310. The summed E-state index contributed by atoms with van der Waals surface area (Å²) in [5, 5.41) is 14.2. The van der Waals surface area contributed by atoms with Crippen molar-refractivity contribution in [1.82, 2.24) is 10.2 Å². The fourth-order valence-corrected chi connectivity index (χ4v) is 3.81. The number of rotatable bonds is 6. The van der Waals surface area contributed by atoms with Crippen molar-refractivity contribution in [2.45, 2.75) is 31.3 Å². The summed E-state index contributed by atoms with van der Waals surface area (Å²) in [7, 11) is 0. The molecule has 8 nitrogen and oxygen atoms in total. The lowest BCUT2D eigenvalue weighted by Crippen LogP contribution is -2.54. The highest BCUT2D eigenvalue weighted by Gasteiger charge is 2.35. The Kier molecular flexibility index (Phi) is 5.56. The average molecular weight is 409 g/mol. The Morgan fingerprint density at radius 1 is 1.10 bits per heavy atom. The fourth-order valence-electron chi connectivity index (χ4n) is 3.81. The zero-order valence-corrected chi connectivity index (χ0v) is 16.2. The van der Waals surface area contributed by atoms with Gasteiger partial charge in [0.15, 0.2) is 11.5 Å². The van der Waals surface area contributed by atoms with Gasteiger partial charge >= 0.3 is 0 Å². The molecule has 1 saturated heterocycles. The molecule has 1 N–H and O–H groups in total. The van der Waals surface area contributed by atoms with Gasteiger partial charge in [-0.05, 0) is 42.7 Å². The average Bonchev–Trinajstić information content (AvgIpc) is 3.42. The van der Waals surface area contributed by atoms with E-state index in [0.29, 0.717) is 36.4 Å². The van der Waals surface area contributed by atoms with E-state index in [1.165, 1.54) is 4.90 Å². The van der Waals surface area contributed by atoms with Crippen LogP contribution in [0.5, 0.6) is 11.5 Å². The van der Waals surface area contributed by atoms with Crippen molar-refractivity contribution in [3.05, 3.63) is 59.7 Å². The predicted molar refractivity (Wildman–Crippen MR) is 104 cm³/mol. The molecule has 1 fully saturated rings. The summed E-state index contributed by atoms with van der Waals surface area (Å²) < 4.78 is 10.7. The third kappa shape index (κ3) is 4.07. The van der Waals surface area contributed by atoms with E-state index in [9.17, 15) is 19.5 Å². The summed E-state index contributed by atoms with van der Waals surface area (Å²) in [5.41, 5.74) is 1.18. The van der Waals surface area contributed by atoms with Crippen LogP contribution in [-0.2, 0) is 16.0 Å². The van der Waals surface area contributed by atoms with Gasteiger partial charge in [0, 0.05) is 18.5 Å². The Bertz CT molecular complexity index is 961. The molecule has 0 unspecified atom stereocenters. The number of fused-ring (bicyclic) bond motifs is 1. The van der Waals surface area contributed by atoms with Crippen molar-refractivity contribution >= 4 is 17.8 Å². The molecule has 2 heterocycles. The van der Waals surface area contributed by atoms with Gasteiger partial charge in [-0.2, -0.15) is 0 Å². The molecular weight excluding hydrogens is 388 g/mol. The molecule has 0 bridgehead atoms. The van der Waals surface area contributed by atoms with E-state index < -0.39 is 29.9 Å². The normalized spacial score (nSPS) is 18.1. The van der Waals surface area contributed by atoms with Crippen molar-refractivity contribution in [3.8, 4) is 11.5 Å². The van der Waals surface area contributed by atoms with Gasteiger partial charge in [-0.3, -0.25) is 9.59 Å². The summed E-state index contributed by atoms with van der Waals surface area (Å²) in [4.78, 5) is 38.7. The molecule has 4 rings (SSSR count). The van der Waals surface area contributed by atoms with Gasteiger partial charge in [-0.15, -0.1) is 0 Å². The minimum atomic E-state index is -1.28. The second kappa shape index (κ2) is 8.44. The lowest BCUT2D eigenvalue weighted by atomic mass is 10.0. The number of nitrogens with one attached hydrogen (secondary N) is 1. The van der Waals surface area contributed by atoms with E-state index in [1.54, 1.807) is 48.5 Å². The Morgan fingerprint density at radius 3 is 2.63 bits per heavy atom. The van der Waals surface area contributed by atoms with Crippen LogP contribution in [-0.4, -0.2) is 48.1 Å². The molecule has 2 amide bonds. The van der Waals surface area contributed by atoms with E-state index in [-0.39, 0.29) is 13.2 Å². The molecular formula is C22H21N2O6-. The summed E-state index contributed by atoms with van der Waals surface area (Å²) in [6.07, 6.45) is 1.11. The van der Waals surface area contributed by atoms with Crippen molar-refractivity contribution < 1.29 is 29.0 Å². The number of carboxylic acids is 1. The van der Waals surface area contributed by atoms with Crippen LogP contribution in [0.25, 0.3) is 0 Å². The first-order valence-corrected chi connectivity index (χ1v) is 9.78. The van der Waals surface area contributed by atoms with Crippen LogP contribution < -0.4 is 19.9 Å². The van der Waals surface area contributed by atoms with Crippen molar-refractivity contribution in [1.29, 1.82) is 0 Å². The number of benzene rings is 2. The monoisotopic (exact) mass is 409 g/mol. The molecule has 156 valence electrons. The highest BCUT2D eigenvalue weighted by Crippen LogP contribution is 2.33. The number of amides is 2. The van der Waals surface area contributed by atoms with Crippen LogP contribution in [0.3, 0.4) is 0 Å². The number of carbonyl (C=O) groups is 3.